The van der Waals surface area contributed by atoms with Crippen LogP contribution in [0.15, 0.2) is 41.2 Å². The quantitative estimate of drug-likeness (QED) is 0.637. The average Bonchev–Trinajstić information content (AvgIpc) is 2.71. The second kappa shape index (κ2) is 8.41. The summed E-state index contributed by atoms with van der Waals surface area (Å²) < 4.78 is 46.6. The van der Waals surface area contributed by atoms with Gasteiger partial charge in [0, 0.05) is 5.69 Å². The minimum atomic E-state index is -4.95. The maximum absolute atomic E-state index is 13.5. The molecule has 3 aromatic rings. The topological polar surface area (TPSA) is 73.2 Å². The van der Waals surface area contributed by atoms with E-state index in [2.05, 4.69) is 10.3 Å². The van der Waals surface area contributed by atoms with Crippen LogP contribution in [0.3, 0.4) is 0 Å². The molecule has 1 N–H and O–H groups in total. The largest absolute Gasteiger partial charge is 0.497 e. The molecule has 1 atom stereocenters. The Morgan fingerprint density at radius 2 is 1.77 bits per heavy atom. The van der Waals surface area contributed by atoms with Crippen LogP contribution >= 0.6 is 0 Å². The fourth-order valence-corrected chi connectivity index (χ4v) is 3.34. The highest BCUT2D eigenvalue weighted by Crippen LogP contribution is 2.29. The Balaban J connectivity index is 2.16. The lowest BCUT2D eigenvalue weighted by atomic mass is 10.1. The van der Waals surface area contributed by atoms with Gasteiger partial charge in [0.05, 0.1) is 18.1 Å². The van der Waals surface area contributed by atoms with Crippen LogP contribution < -0.4 is 15.6 Å². The fourth-order valence-electron chi connectivity index (χ4n) is 3.34. The van der Waals surface area contributed by atoms with E-state index in [4.69, 9.17) is 4.74 Å². The zero-order valence-corrected chi connectivity index (χ0v) is 17.5. The summed E-state index contributed by atoms with van der Waals surface area (Å²) in [6.45, 7) is 5.15. The highest BCUT2D eigenvalue weighted by molar-refractivity contribution is 5.94. The van der Waals surface area contributed by atoms with Gasteiger partial charge in [-0.1, -0.05) is 6.92 Å². The molecule has 3 rings (SSSR count). The number of carbonyl (C=O) groups is 1. The van der Waals surface area contributed by atoms with E-state index in [-0.39, 0.29) is 17.5 Å². The third-order valence-corrected chi connectivity index (χ3v) is 5.13. The van der Waals surface area contributed by atoms with Crippen molar-refractivity contribution in [2.45, 2.75) is 39.4 Å². The summed E-state index contributed by atoms with van der Waals surface area (Å²) in [4.78, 5) is 29.4. The molecule has 0 aliphatic rings. The highest BCUT2D eigenvalue weighted by Gasteiger charge is 2.38. The van der Waals surface area contributed by atoms with Crippen molar-refractivity contribution in [1.29, 1.82) is 0 Å². The molecule has 1 heterocycles. The molecule has 0 spiro atoms. The first-order valence-corrected chi connectivity index (χ1v) is 9.62. The number of benzene rings is 2. The second-order valence-corrected chi connectivity index (χ2v) is 7.20. The number of hydrogen-bond acceptors (Lipinski definition) is 4. The first kappa shape index (κ1) is 22.3. The molecule has 6 nitrogen and oxygen atoms in total. The molecule has 2 aromatic carbocycles. The smallest absolute Gasteiger partial charge is 0.438 e. The van der Waals surface area contributed by atoms with Crippen LogP contribution in [0.1, 0.15) is 36.2 Å². The number of fused-ring (bicyclic) bond motifs is 1. The average molecular weight is 433 g/mol. The molecule has 0 aliphatic heterocycles. The number of aromatic nitrogens is 2. The Kier molecular flexibility index (Phi) is 6.06. The molecule has 1 amide bonds. The van der Waals surface area contributed by atoms with Gasteiger partial charge in [-0.2, -0.15) is 13.2 Å². The van der Waals surface area contributed by atoms with Crippen molar-refractivity contribution in [3.8, 4) is 5.75 Å². The number of methoxy groups -OCH3 is 1. The maximum Gasteiger partial charge on any atom is 0.438 e. The van der Waals surface area contributed by atoms with Crippen molar-refractivity contribution in [2.24, 2.45) is 0 Å². The van der Waals surface area contributed by atoms with Crippen molar-refractivity contribution in [3.05, 3.63) is 63.6 Å². The van der Waals surface area contributed by atoms with Crippen LogP contribution in [0.5, 0.6) is 5.75 Å². The molecule has 0 unspecified atom stereocenters. The minimum absolute atomic E-state index is 0.00530. The SMILES string of the molecule is CC[C@@H](C(=O)Nc1ccc(OC)cc1)n1c(=O)c(C(F)(F)F)nc2cc(C)c(C)cc21. The predicted octanol–water partition coefficient (Wildman–Crippen LogP) is 4.63. The number of rotatable bonds is 5. The zero-order valence-electron chi connectivity index (χ0n) is 17.5. The Morgan fingerprint density at radius 1 is 1.16 bits per heavy atom. The third kappa shape index (κ3) is 4.40. The van der Waals surface area contributed by atoms with E-state index in [1.54, 1.807) is 51.1 Å². The summed E-state index contributed by atoms with van der Waals surface area (Å²) >= 11 is 0. The second-order valence-electron chi connectivity index (χ2n) is 7.20. The lowest BCUT2D eigenvalue weighted by molar-refractivity contribution is -0.142. The first-order chi connectivity index (χ1) is 14.6. The van der Waals surface area contributed by atoms with Crippen LogP contribution in [-0.4, -0.2) is 22.6 Å². The molecule has 0 fully saturated rings. The van der Waals surface area contributed by atoms with E-state index >= 15 is 0 Å². The zero-order chi connectivity index (χ0) is 22.9. The highest BCUT2D eigenvalue weighted by atomic mass is 19.4. The molecule has 0 bridgehead atoms. The van der Waals surface area contributed by atoms with Gasteiger partial charge in [0.25, 0.3) is 5.56 Å². The molecule has 0 saturated heterocycles. The minimum Gasteiger partial charge on any atom is -0.497 e. The number of alkyl halides is 3. The number of aryl methyl sites for hydroxylation is 2. The van der Waals surface area contributed by atoms with E-state index < -0.39 is 29.4 Å². The predicted molar refractivity (Wildman–Crippen MR) is 111 cm³/mol. The number of carbonyl (C=O) groups excluding carboxylic acids is 1. The monoisotopic (exact) mass is 433 g/mol. The Morgan fingerprint density at radius 3 is 2.32 bits per heavy atom. The summed E-state index contributed by atoms with van der Waals surface area (Å²) in [6.07, 6.45) is -4.85. The Labute approximate surface area is 176 Å². The van der Waals surface area contributed by atoms with Gasteiger partial charge in [-0.05, 0) is 67.8 Å². The van der Waals surface area contributed by atoms with Crippen LogP contribution in [0.25, 0.3) is 11.0 Å². The summed E-state index contributed by atoms with van der Waals surface area (Å²) in [5.41, 5.74) is -0.775. The van der Waals surface area contributed by atoms with Gasteiger partial charge >= 0.3 is 6.18 Å². The van der Waals surface area contributed by atoms with E-state index in [0.717, 1.165) is 15.7 Å². The van der Waals surface area contributed by atoms with Crippen molar-refractivity contribution in [3.63, 3.8) is 0 Å². The van der Waals surface area contributed by atoms with Crippen molar-refractivity contribution in [2.75, 3.05) is 12.4 Å². The number of amides is 1. The number of anilines is 1. The first-order valence-electron chi connectivity index (χ1n) is 9.62. The lowest BCUT2D eigenvalue weighted by Crippen LogP contribution is -2.37. The summed E-state index contributed by atoms with van der Waals surface area (Å²) in [5, 5.41) is 2.66. The standard InChI is InChI=1S/C22H22F3N3O3/c1-5-17(20(29)26-14-6-8-15(31-4)9-7-14)28-18-11-13(3)12(2)10-16(18)27-19(21(28)30)22(23,24)25/h6-11,17H,5H2,1-4H3,(H,26,29)/t17-/m0/s1. The van der Waals surface area contributed by atoms with Gasteiger partial charge in [-0.3, -0.25) is 14.2 Å². The molecule has 0 radical (unpaired) electrons. The van der Waals surface area contributed by atoms with Crippen molar-refractivity contribution in [1.82, 2.24) is 9.55 Å². The molecule has 0 aliphatic carbocycles. The molecule has 9 heteroatoms. The molecule has 164 valence electrons. The number of halogens is 3. The van der Waals surface area contributed by atoms with Crippen LogP contribution in [-0.2, 0) is 11.0 Å². The fraction of sp³-hybridized carbons (Fsp3) is 0.318. The van der Waals surface area contributed by atoms with Gasteiger partial charge in [0.1, 0.15) is 11.8 Å². The van der Waals surface area contributed by atoms with Crippen LogP contribution in [0.4, 0.5) is 18.9 Å². The van der Waals surface area contributed by atoms with Crippen molar-refractivity contribution < 1.29 is 22.7 Å². The third-order valence-electron chi connectivity index (χ3n) is 5.13. The van der Waals surface area contributed by atoms with Crippen LogP contribution in [0, 0.1) is 13.8 Å². The van der Waals surface area contributed by atoms with E-state index in [0.29, 0.717) is 11.4 Å². The molecular formula is C22H22F3N3O3. The summed E-state index contributed by atoms with van der Waals surface area (Å²) in [7, 11) is 1.50. The number of nitrogens with one attached hydrogen (secondary N) is 1. The van der Waals surface area contributed by atoms with Gasteiger partial charge in [-0.25, -0.2) is 4.98 Å². The van der Waals surface area contributed by atoms with Gasteiger partial charge < -0.3 is 10.1 Å². The van der Waals surface area contributed by atoms with E-state index in [1.165, 1.54) is 13.2 Å². The number of hydrogen-bond donors (Lipinski definition) is 1. The van der Waals surface area contributed by atoms with Crippen LogP contribution in [0.2, 0.25) is 0 Å². The molecule has 31 heavy (non-hydrogen) atoms. The maximum atomic E-state index is 13.5. The Hall–Kier alpha value is -3.36. The number of ether oxygens (including phenoxy) is 1. The Bertz CT molecular complexity index is 1190. The van der Waals surface area contributed by atoms with Crippen molar-refractivity contribution >= 4 is 22.6 Å². The van der Waals surface area contributed by atoms with Gasteiger partial charge in [0.2, 0.25) is 11.6 Å². The number of nitrogens with zero attached hydrogens (tertiary/aromatic N) is 2. The molecular weight excluding hydrogens is 411 g/mol. The van der Waals surface area contributed by atoms with Gasteiger partial charge in [0.15, 0.2) is 0 Å². The van der Waals surface area contributed by atoms with E-state index in [9.17, 15) is 22.8 Å². The van der Waals surface area contributed by atoms with Gasteiger partial charge in [-0.15, -0.1) is 0 Å². The molecule has 0 saturated carbocycles. The van der Waals surface area contributed by atoms with E-state index in [1.807, 2.05) is 0 Å². The summed E-state index contributed by atoms with van der Waals surface area (Å²) in [6, 6.07) is 8.39. The summed E-state index contributed by atoms with van der Waals surface area (Å²) in [5.74, 6) is -0.0179. The normalized spacial score (nSPS) is 12.6. The molecule has 1 aromatic heterocycles. The lowest BCUT2D eigenvalue weighted by Gasteiger charge is -2.22.